The summed E-state index contributed by atoms with van der Waals surface area (Å²) < 4.78 is 47.3. The van der Waals surface area contributed by atoms with Gasteiger partial charge in [-0.25, -0.2) is 4.98 Å². The Balaban J connectivity index is 1.69. The van der Waals surface area contributed by atoms with E-state index in [1.165, 1.54) is 5.56 Å². The summed E-state index contributed by atoms with van der Waals surface area (Å²) in [6, 6.07) is 21.9. The number of imidazole rings is 2. The van der Waals surface area contributed by atoms with Crippen LogP contribution in [0.5, 0.6) is 0 Å². The molecule has 0 fully saturated rings. The van der Waals surface area contributed by atoms with Gasteiger partial charge in [-0.1, -0.05) is 73.5 Å². The van der Waals surface area contributed by atoms with E-state index >= 15 is 0 Å². The van der Waals surface area contributed by atoms with E-state index in [9.17, 15) is 13.2 Å². The molecule has 0 N–H and O–H groups in total. The van der Waals surface area contributed by atoms with E-state index in [0.29, 0.717) is 12.3 Å². The number of nitrogens with zero attached hydrogens (tertiary/aromatic N) is 4. The Morgan fingerprint density at radius 3 is 2.13 bits per heavy atom. The largest absolute Gasteiger partial charge is 0.435 e. The quantitative estimate of drug-likeness (QED) is 0.192. The second-order valence-electron chi connectivity index (χ2n) is 10.5. The highest BCUT2D eigenvalue weighted by molar-refractivity contribution is 5.85. The van der Waals surface area contributed by atoms with Crippen molar-refractivity contribution in [3.8, 4) is 5.69 Å². The molecule has 2 aromatic heterocycles. The molecule has 3 aromatic carbocycles. The third-order valence-electron chi connectivity index (χ3n) is 7.41. The predicted octanol–water partition coefficient (Wildman–Crippen LogP) is 8.07. The van der Waals surface area contributed by atoms with Crippen LogP contribution in [0.2, 0.25) is 0 Å². The Morgan fingerprint density at radius 2 is 1.49 bits per heavy atom. The molecule has 0 radical (unpaired) electrons. The Bertz CT molecular complexity index is 1570. The summed E-state index contributed by atoms with van der Waals surface area (Å²) in [4.78, 5) is 6.47. The molecular weight excluding hydrogens is 497 g/mol. The van der Waals surface area contributed by atoms with Crippen molar-refractivity contribution < 1.29 is 13.2 Å². The molecule has 204 valence electrons. The summed E-state index contributed by atoms with van der Waals surface area (Å²) in [5, 5.41) is 0. The standard InChI is InChI=1S/C32H35F3N4/c1-5-6-17-37(18-16-25-12-8-7-9-13-25)21-28-30(32(33,34)35)36-31-38(28)26-14-10-11-15-27(26)39(31)29-23(3)19-22(2)20-24(29)4/h7-15,19-20H,5-6,16-18,21H2,1-4H3. The fraction of sp³-hybridized carbons (Fsp3) is 0.344. The molecule has 0 spiro atoms. The minimum Gasteiger partial charge on any atom is -0.297 e. The minimum absolute atomic E-state index is 0.169. The highest BCUT2D eigenvalue weighted by Crippen LogP contribution is 2.37. The highest BCUT2D eigenvalue weighted by Gasteiger charge is 2.39. The molecule has 7 heteroatoms. The first-order chi connectivity index (χ1) is 18.7. The van der Waals surface area contributed by atoms with Crippen LogP contribution in [0.1, 0.15) is 53.4 Å². The summed E-state index contributed by atoms with van der Waals surface area (Å²) >= 11 is 0. The number of rotatable bonds is 9. The third kappa shape index (κ3) is 5.33. The Hall–Kier alpha value is -3.58. The third-order valence-corrected chi connectivity index (χ3v) is 7.41. The van der Waals surface area contributed by atoms with Crippen LogP contribution < -0.4 is 0 Å². The molecule has 0 aliphatic heterocycles. The van der Waals surface area contributed by atoms with Crippen molar-refractivity contribution in [3.05, 3.63) is 100 Å². The monoisotopic (exact) mass is 532 g/mol. The molecule has 0 saturated heterocycles. The summed E-state index contributed by atoms with van der Waals surface area (Å²) in [7, 11) is 0. The Morgan fingerprint density at radius 1 is 0.846 bits per heavy atom. The summed E-state index contributed by atoms with van der Waals surface area (Å²) in [6.45, 7) is 9.71. The van der Waals surface area contributed by atoms with Gasteiger partial charge in [-0.15, -0.1) is 0 Å². The van der Waals surface area contributed by atoms with E-state index in [4.69, 9.17) is 0 Å². The van der Waals surface area contributed by atoms with Gasteiger partial charge in [-0.2, -0.15) is 13.2 Å². The van der Waals surface area contributed by atoms with Gasteiger partial charge in [0, 0.05) is 13.1 Å². The number of aryl methyl sites for hydroxylation is 3. The molecule has 0 saturated carbocycles. The zero-order valence-corrected chi connectivity index (χ0v) is 23.0. The molecular formula is C32H35F3N4. The zero-order valence-electron chi connectivity index (χ0n) is 23.0. The van der Waals surface area contributed by atoms with Gasteiger partial charge in [0.15, 0.2) is 5.69 Å². The van der Waals surface area contributed by atoms with Crippen molar-refractivity contribution >= 4 is 16.8 Å². The topological polar surface area (TPSA) is 25.5 Å². The second-order valence-corrected chi connectivity index (χ2v) is 10.5. The summed E-state index contributed by atoms with van der Waals surface area (Å²) in [6.07, 6.45) is -1.90. The van der Waals surface area contributed by atoms with E-state index < -0.39 is 11.9 Å². The van der Waals surface area contributed by atoms with Crippen molar-refractivity contribution in [1.29, 1.82) is 0 Å². The van der Waals surface area contributed by atoms with Gasteiger partial charge in [0.2, 0.25) is 5.78 Å². The first-order valence-electron chi connectivity index (χ1n) is 13.6. The van der Waals surface area contributed by atoms with Crippen LogP contribution in [0.15, 0.2) is 66.7 Å². The summed E-state index contributed by atoms with van der Waals surface area (Å²) in [5.41, 5.74) is 6.13. The number of halogens is 3. The van der Waals surface area contributed by atoms with Crippen molar-refractivity contribution in [2.45, 2.75) is 59.7 Å². The second kappa shape index (κ2) is 10.9. The van der Waals surface area contributed by atoms with Crippen LogP contribution in [0, 0.1) is 20.8 Å². The molecule has 4 nitrogen and oxygen atoms in total. The lowest BCUT2D eigenvalue weighted by Crippen LogP contribution is -2.28. The number of hydrogen-bond acceptors (Lipinski definition) is 2. The van der Waals surface area contributed by atoms with Crippen molar-refractivity contribution in [2.75, 3.05) is 13.1 Å². The number of alkyl halides is 3. The average Bonchev–Trinajstić information content (AvgIpc) is 3.41. The predicted molar refractivity (Wildman–Crippen MR) is 152 cm³/mol. The molecule has 5 aromatic rings. The van der Waals surface area contributed by atoms with Crippen molar-refractivity contribution in [1.82, 2.24) is 18.9 Å². The first kappa shape index (κ1) is 27.0. The smallest absolute Gasteiger partial charge is 0.297 e. The molecule has 5 rings (SSSR count). The van der Waals surface area contributed by atoms with E-state index in [-0.39, 0.29) is 12.2 Å². The molecule has 0 atom stereocenters. The number of aromatic nitrogens is 3. The molecule has 2 heterocycles. The van der Waals surface area contributed by atoms with E-state index in [2.05, 4.69) is 41.1 Å². The molecule has 0 aliphatic rings. The zero-order chi connectivity index (χ0) is 27.7. The van der Waals surface area contributed by atoms with E-state index in [0.717, 1.165) is 59.2 Å². The molecule has 0 unspecified atom stereocenters. The number of benzene rings is 3. The molecule has 0 amide bonds. The van der Waals surface area contributed by atoms with Gasteiger partial charge in [-0.3, -0.25) is 13.9 Å². The van der Waals surface area contributed by atoms with Gasteiger partial charge >= 0.3 is 6.18 Å². The lowest BCUT2D eigenvalue weighted by Gasteiger charge is -2.23. The Labute approximate surface area is 227 Å². The molecule has 0 aliphatic carbocycles. The average molecular weight is 533 g/mol. The maximum absolute atomic E-state index is 14.6. The highest BCUT2D eigenvalue weighted by atomic mass is 19.4. The minimum atomic E-state index is -4.57. The van der Waals surface area contributed by atoms with Crippen LogP contribution in [-0.2, 0) is 19.1 Å². The van der Waals surface area contributed by atoms with E-state index in [1.807, 2.05) is 67.8 Å². The molecule has 39 heavy (non-hydrogen) atoms. The van der Waals surface area contributed by atoms with Crippen LogP contribution in [0.4, 0.5) is 13.2 Å². The normalized spacial score (nSPS) is 12.3. The fourth-order valence-electron chi connectivity index (χ4n) is 5.71. The van der Waals surface area contributed by atoms with Crippen LogP contribution in [-0.4, -0.2) is 31.9 Å². The van der Waals surface area contributed by atoms with Gasteiger partial charge in [0.1, 0.15) is 0 Å². The summed E-state index contributed by atoms with van der Waals surface area (Å²) in [5.74, 6) is 0.298. The van der Waals surface area contributed by atoms with Gasteiger partial charge in [0.05, 0.1) is 22.4 Å². The number of hydrogen-bond donors (Lipinski definition) is 0. The van der Waals surface area contributed by atoms with Crippen LogP contribution in [0.25, 0.3) is 22.5 Å². The lowest BCUT2D eigenvalue weighted by atomic mass is 10.0. The maximum atomic E-state index is 14.6. The van der Waals surface area contributed by atoms with Gasteiger partial charge in [0.25, 0.3) is 0 Å². The fourth-order valence-corrected chi connectivity index (χ4v) is 5.71. The first-order valence-corrected chi connectivity index (χ1v) is 13.6. The lowest BCUT2D eigenvalue weighted by molar-refractivity contribution is -0.141. The van der Waals surface area contributed by atoms with Gasteiger partial charge < -0.3 is 0 Å². The number of unbranched alkanes of at least 4 members (excludes halogenated alkanes) is 1. The van der Waals surface area contributed by atoms with Crippen molar-refractivity contribution in [3.63, 3.8) is 0 Å². The van der Waals surface area contributed by atoms with E-state index in [1.54, 1.807) is 4.40 Å². The SMILES string of the molecule is CCCCN(CCc1ccccc1)Cc1c(C(F)(F)F)nc2n(-c3c(C)cc(C)cc3C)c3ccccc3n12. The molecule has 0 bridgehead atoms. The van der Waals surface area contributed by atoms with Crippen LogP contribution >= 0.6 is 0 Å². The van der Waals surface area contributed by atoms with Gasteiger partial charge in [-0.05, 0) is 69.0 Å². The Kier molecular flexibility index (Phi) is 7.54. The van der Waals surface area contributed by atoms with Crippen molar-refractivity contribution in [2.24, 2.45) is 0 Å². The number of fused-ring (bicyclic) bond motifs is 3. The number of para-hydroxylation sites is 2. The maximum Gasteiger partial charge on any atom is 0.435 e. The van der Waals surface area contributed by atoms with Crippen LogP contribution in [0.3, 0.4) is 0 Å².